The van der Waals surface area contributed by atoms with Gasteiger partial charge in [0.25, 0.3) is 5.91 Å². The minimum atomic E-state index is -0.576. The van der Waals surface area contributed by atoms with Crippen LogP contribution in [0.5, 0.6) is 0 Å². The molecule has 8 heteroatoms. The van der Waals surface area contributed by atoms with Crippen LogP contribution in [-0.4, -0.2) is 11.1 Å². The molecule has 0 radical (unpaired) electrons. The molecule has 3 rings (SSSR count). The van der Waals surface area contributed by atoms with Crippen LogP contribution in [0.15, 0.2) is 34.9 Å². The number of aromatic nitrogens is 1. The Labute approximate surface area is 157 Å². The maximum absolute atomic E-state index is 14.2. The predicted molar refractivity (Wildman–Crippen MR) is 96.9 cm³/mol. The number of carbonyl (C=O) groups excluding carboxylic acids is 1. The number of thiophene rings is 1. The minimum Gasteiger partial charge on any atom is -0.360 e. The fourth-order valence-electron chi connectivity index (χ4n) is 2.44. The molecular formula is C17H13Cl2FN2O2S. The Kier molecular flexibility index (Phi) is 5.13. The molecule has 2 heterocycles. The monoisotopic (exact) mass is 398 g/mol. The molecular weight excluding hydrogens is 386 g/mol. The van der Waals surface area contributed by atoms with Crippen molar-refractivity contribution < 1.29 is 13.7 Å². The summed E-state index contributed by atoms with van der Waals surface area (Å²) in [6, 6.07) is 7.59. The van der Waals surface area contributed by atoms with Crippen molar-refractivity contribution in [2.75, 3.05) is 0 Å². The van der Waals surface area contributed by atoms with Crippen molar-refractivity contribution in [2.45, 2.75) is 19.9 Å². The second kappa shape index (κ2) is 7.15. The Bertz CT molecular complexity index is 918. The normalized spacial score (nSPS) is 12.2. The van der Waals surface area contributed by atoms with Crippen molar-refractivity contribution >= 4 is 40.4 Å². The molecule has 0 aliphatic carbocycles. The van der Waals surface area contributed by atoms with Crippen LogP contribution in [-0.2, 0) is 0 Å². The number of nitrogens with zero attached hydrogens (tertiary/aromatic N) is 1. The average molecular weight is 399 g/mol. The molecule has 130 valence electrons. The molecule has 0 spiro atoms. The highest BCUT2D eigenvalue weighted by molar-refractivity contribution is 7.16. The number of hydrogen-bond acceptors (Lipinski definition) is 4. The first kappa shape index (κ1) is 17.9. The van der Waals surface area contributed by atoms with Crippen LogP contribution in [0.3, 0.4) is 0 Å². The van der Waals surface area contributed by atoms with Gasteiger partial charge in [-0.15, -0.1) is 11.3 Å². The van der Waals surface area contributed by atoms with Gasteiger partial charge in [-0.25, -0.2) is 4.39 Å². The van der Waals surface area contributed by atoms with E-state index >= 15 is 0 Å². The van der Waals surface area contributed by atoms with Crippen molar-refractivity contribution in [1.29, 1.82) is 0 Å². The Morgan fingerprint density at radius 2 is 2.08 bits per heavy atom. The van der Waals surface area contributed by atoms with Crippen LogP contribution in [0.4, 0.5) is 4.39 Å². The molecule has 1 atom stereocenters. The molecule has 0 fully saturated rings. The first-order valence-corrected chi connectivity index (χ1v) is 8.92. The number of benzene rings is 1. The molecule has 0 saturated heterocycles. The lowest BCUT2D eigenvalue weighted by Gasteiger charge is -2.12. The number of amides is 1. The van der Waals surface area contributed by atoms with Crippen molar-refractivity contribution in [3.05, 3.63) is 61.7 Å². The summed E-state index contributed by atoms with van der Waals surface area (Å²) in [5, 5.41) is 6.84. The van der Waals surface area contributed by atoms with Crippen LogP contribution >= 0.6 is 34.5 Å². The zero-order chi connectivity index (χ0) is 18.1. The molecule has 2 aromatic heterocycles. The van der Waals surface area contributed by atoms with Crippen LogP contribution in [0.25, 0.3) is 11.3 Å². The molecule has 1 aromatic carbocycles. The highest BCUT2D eigenvalue weighted by Crippen LogP contribution is 2.34. The van der Waals surface area contributed by atoms with Crippen molar-refractivity contribution in [2.24, 2.45) is 0 Å². The molecule has 1 amide bonds. The van der Waals surface area contributed by atoms with Gasteiger partial charge in [0.1, 0.15) is 22.8 Å². The average Bonchev–Trinajstić information content (AvgIpc) is 3.13. The van der Waals surface area contributed by atoms with E-state index in [-0.39, 0.29) is 33.6 Å². The predicted octanol–water partition coefficient (Wildman–Crippen LogP) is 5.65. The van der Waals surface area contributed by atoms with Crippen LogP contribution in [0.1, 0.15) is 34.0 Å². The first-order valence-electron chi connectivity index (χ1n) is 7.35. The maximum atomic E-state index is 14.2. The Morgan fingerprint density at radius 1 is 1.32 bits per heavy atom. The van der Waals surface area contributed by atoms with E-state index in [9.17, 15) is 9.18 Å². The van der Waals surface area contributed by atoms with Gasteiger partial charge in [0, 0.05) is 4.88 Å². The Morgan fingerprint density at radius 3 is 2.72 bits per heavy atom. The van der Waals surface area contributed by atoms with E-state index in [0.29, 0.717) is 4.34 Å². The smallest absolute Gasteiger partial charge is 0.257 e. The zero-order valence-electron chi connectivity index (χ0n) is 13.3. The molecule has 1 unspecified atom stereocenters. The fraction of sp³-hybridized carbons (Fsp3) is 0.176. The topological polar surface area (TPSA) is 55.1 Å². The van der Waals surface area contributed by atoms with Gasteiger partial charge in [-0.1, -0.05) is 34.4 Å². The molecule has 4 nitrogen and oxygen atoms in total. The minimum absolute atomic E-state index is 0.0398. The summed E-state index contributed by atoms with van der Waals surface area (Å²) in [6.07, 6.45) is 0. The summed E-state index contributed by atoms with van der Waals surface area (Å²) < 4.78 is 20.0. The van der Waals surface area contributed by atoms with Gasteiger partial charge in [0.15, 0.2) is 0 Å². The number of aryl methyl sites for hydroxylation is 1. The molecule has 0 aliphatic heterocycles. The number of halogens is 3. The summed E-state index contributed by atoms with van der Waals surface area (Å²) in [5.74, 6) is -0.721. The van der Waals surface area contributed by atoms with Gasteiger partial charge in [-0.05, 0) is 38.1 Å². The molecule has 0 bridgehead atoms. The number of rotatable bonds is 4. The highest BCUT2D eigenvalue weighted by Gasteiger charge is 2.26. The van der Waals surface area contributed by atoms with Gasteiger partial charge in [0.2, 0.25) is 0 Å². The van der Waals surface area contributed by atoms with Crippen LogP contribution in [0, 0.1) is 12.7 Å². The van der Waals surface area contributed by atoms with Gasteiger partial charge < -0.3 is 9.84 Å². The summed E-state index contributed by atoms with van der Waals surface area (Å²) in [6.45, 7) is 3.42. The molecule has 3 aromatic rings. The summed E-state index contributed by atoms with van der Waals surface area (Å²) in [5.41, 5.74) is 0.272. The Hall–Kier alpha value is -1.89. The first-order chi connectivity index (χ1) is 11.9. The summed E-state index contributed by atoms with van der Waals surface area (Å²) >= 11 is 13.4. The Balaban J connectivity index is 1.95. The second-order valence-electron chi connectivity index (χ2n) is 5.40. The van der Waals surface area contributed by atoms with Gasteiger partial charge >= 0.3 is 0 Å². The lowest BCUT2D eigenvalue weighted by molar-refractivity contribution is 0.0939. The standard InChI is InChI=1S/C17H13Cl2FN2O2S/c1-8(12-6-7-13(19)25-12)21-17(23)14-9(2)24-22-16(14)15-10(18)4-3-5-11(15)20/h3-8H,1-2H3,(H,21,23). The summed E-state index contributed by atoms with van der Waals surface area (Å²) in [4.78, 5) is 13.6. The fourth-order valence-corrected chi connectivity index (χ4v) is 3.75. The summed E-state index contributed by atoms with van der Waals surface area (Å²) in [7, 11) is 0. The second-order valence-corrected chi connectivity index (χ2v) is 7.55. The van der Waals surface area contributed by atoms with E-state index in [1.165, 1.54) is 29.5 Å². The lowest BCUT2D eigenvalue weighted by Crippen LogP contribution is -2.26. The molecule has 25 heavy (non-hydrogen) atoms. The van der Waals surface area contributed by atoms with Crippen molar-refractivity contribution in [3.8, 4) is 11.3 Å². The van der Waals surface area contributed by atoms with E-state index in [4.69, 9.17) is 27.7 Å². The highest BCUT2D eigenvalue weighted by atomic mass is 35.5. The van der Waals surface area contributed by atoms with E-state index in [1.807, 2.05) is 13.0 Å². The van der Waals surface area contributed by atoms with Gasteiger partial charge in [-0.3, -0.25) is 4.79 Å². The van der Waals surface area contributed by atoms with E-state index in [1.54, 1.807) is 13.0 Å². The SMILES string of the molecule is Cc1onc(-c2c(F)cccc2Cl)c1C(=O)NC(C)c1ccc(Cl)s1. The van der Waals surface area contributed by atoms with Crippen molar-refractivity contribution in [3.63, 3.8) is 0 Å². The third kappa shape index (κ3) is 3.56. The number of hydrogen-bond donors (Lipinski definition) is 1. The largest absolute Gasteiger partial charge is 0.360 e. The quantitative estimate of drug-likeness (QED) is 0.617. The molecule has 0 saturated carbocycles. The third-order valence-corrected chi connectivity index (χ3v) is 5.39. The molecule has 0 aliphatic rings. The zero-order valence-corrected chi connectivity index (χ0v) is 15.6. The number of nitrogens with one attached hydrogen (secondary N) is 1. The maximum Gasteiger partial charge on any atom is 0.257 e. The van der Waals surface area contributed by atoms with Crippen LogP contribution in [0.2, 0.25) is 9.36 Å². The van der Waals surface area contributed by atoms with E-state index < -0.39 is 11.7 Å². The van der Waals surface area contributed by atoms with Gasteiger partial charge in [-0.2, -0.15) is 0 Å². The molecule has 1 N–H and O–H groups in total. The number of carbonyl (C=O) groups is 1. The van der Waals surface area contributed by atoms with Crippen LogP contribution < -0.4 is 5.32 Å². The van der Waals surface area contributed by atoms with Gasteiger partial charge in [0.05, 0.1) is 21.0 Å². The van der Waals surface area contributed by atoms with E-state index in [2.05, 4.69) is 10.5 Å². The lowest BCUT2D eigenvalue weighted by atomic mass is 10.0. The third-order valence-electron chi connectivity index (χ3n) is 3.66. The van der Waals surface area contributed by atoms with E-state index in [0.717, 1.165) is 4.88 Å². The van der Waals surface area contributed by atoms with Crippen molar-refractivity contribution in [1.82, 2.24) is 10.5 Å².